The fourth-order valence-electron chi connectivity index (χ4n) is 2.04. The monoisotopic (exact) mass is 256 g/mol. The largest absolute Gasteiger partial charge is 0.481 e. The summed E-state index contributed by atoms with van der Waals surface area (Å²) in [6.45, 7) is 0. The normalized spacial score (nSPS) is 24.2. The lowest BCUT2D eigenvalue weighted by Gasteiger charge is -2.25. The van der Waals surface area contributed by atoms with Gasteiger partial charge in [0.05, 0.1) is 5.92 Å². The first-order valence-electron chi connectivity index (χ1n) is 5.35. The maximum absolute atomic E-state index is 11.8. The first kappa shape index (κ1) is 11.9. The molecule has 1 aliphatic carbocycles. The molecule has 92 valence electrons. The number of carbonyl (C=O) groups excluding carboxylic acids is 1. The van der Waals surface area contributed by atoms with Crippen molar-refractivity contribution in [2.45, 2.75) is 25.7 Å². The molecule has 0 radical (unpaired) electrons. The van der Waals surface area contributed by atoms with E-state index in [9.17, 15) is 9.59 Å². The summed E-state index contributed by atoms with van der Waals surface area (Å²) in [5.41, 5.74) is 0. The van der Waals surface area contributed by atoms with Gasteiger partial charge in [-0.15, -0.1) is 0 Å². The molecule has 1 aliphatic rings. The van der Waals surface area contributed by atoms with Crippen molar-refractivity contribution in [2.75, 3.05) is 5.32 Å². The Balaban J connectivity index is 1.93. The SMILES string of the molecule is O=C(O)C1CCCC(C(=O)Nc2nnns2)C1. The van der Waals surface area contributed by atoms with Gasteiger partial charge in [-0.2, -0.15) is 0 Å². The second kappa shape index (κ2) is 5.17. The van der Waals surface area contributed by atoms with Gasteiger partial charge in [0.1, 0.15) is 0 Å². The van der Waals surface area contributed by atoms with Crippen LogP contribution in [-0.2, 0) is 9.59 Å². The van der Waals surface area contributed by atoms with Crippen molar-refractivity contribution in [3.05, 3.63) is 0 Å². The number of nitrogens with one attached hydrogen (secondary N) is 1. The number of carbonyl (C=O) groups is 2. The van der Waals surface area contributed by atoms with Gasteiger partial charge in [-0.25, -0.2) is 0 Å². The van der Waals surface area contributed by atoms with Crippen LogP contribution in [0.25, 0.3) is 0 Å². The number of aromatic nitrogens is 3. The first-order valence-corrected chi connectivity index (χ1v) is 6.13. The summed E-state index contributed by atoms with van der Waals surface area (Å²) in [6, 6.07) is 0. The third-order valence-corrected chi connectivity index (χ3v) is 3.44. The van der Waals surface area contributed by atoms with Crippen molar-refractivity contribution in [2.24, 2.45) is 11.8 Å². The van der Waals surface area contributed by atoms with Crippen molar-refractivity contribution in [1.82, 2.24) is 14.8 Å². The number of hydrogen-bond acceptors (Lipinski definition) is 6. The summed E-state index contributed by atoms with van der Waals surface area (Å²) < 4.78 is 3.54. The molecule has 1 amide bonds. The van der Waals surface area contributed by atoms with E-state index < -0.39 is 11.9 Å². The number of carboxylic acid groups (broad SMARTS) is 1. The highest BCUT2D eigenvalue weighted by molar-refractivity contribution is 7.09. The van der Waals surface area contributed by atoms with Gasteiger partial charge in [0, 0.05) is 17.5 Å². The number of hydrogen-bond donors (Lipinski definition) is 2. The van der Waals surface area contributed by atoms with Crippen LogP contribution in [0.4, 0.5) is 5.13 Å². The van der Waals surface area contributed by atoms with Crippen LogP contribution in [0, 0.1) is 11.8 Å². The van der Waals surface area contributed by atoms with Crippen molar-refractivity contribution >= 4 is 28.5 Å². The Hall–Kier alpha value is -1.57. The molecular formula is C9H12N4O3S. The molecule has 1 heterocycles. The van der Waals surface area contributed by atoms with Crippen LogP contribution in [-0.4, -0.2) is 31.8 Å². The molecule has 7 nitrogen and oxygen atoms in total. The van der Waals surface area contributed by atoms with E-state index in [1.807, 2.05) is 0 Å². The number of amides is 1. The minimum atomic E-state index is -0.819. The number of nitrogens with zero attached hydrogens (tertiary/aromatic N) is 3. The van der Waals surface area contributed by atoms with Gasteiger partial charge >= 0.3 is 5.97 Å². The molecule has 1 saturated carbocycles. The molecular weight excluding hydrogens is 244 g/mol. The van der Waals surface area contributed by atoms with Gasteiger partial charge in [0.25, 0.3) is 0 Å². The molecule has 2 rings (SSSR count). The van der Waals surface area contributed by atoms with Gasteiger partial charge in [-0.3, -0.25) is 14.9 Å². The third-order valence-electron chi connectivity index (χ3n) is 2.92. The number of carboxylic acids is 1. The smallest absolute Gasteiger partial charge is 0.306 e. The molecule has 17 heavy (non-hydrogen) atoms. The summed E-state index contributed by atoms with van der Waals surface area (Å²) in [5.74, 6) is -1.67. The van der Waals surface area contributed by atoms with Crippen LogP contribution in [0.5, 0.6) is 0 Å². The summed E-state index contributed by atoms with van der Waals surface area (Å²) >= 11 is 1.00. The van der Waals surface area contributed by atoms with E-state index in [0.717, 1.165) is 24.4 Å². The first-order chi connectivity index (χ1) is 8.16. The lowest BCUT2D eigenvalue weighted by Crippen LogP contribution is -2.30. The van der Waals surface area contributed by atoms with Gasteiger partial charge in [0.2, 0.25) is 11.0 Å². The number of aliphatic carboxylic acids is 1. The maximum Gasteiger partial charge on any atom is 0.306 e. The van der Waals surface area contributed by atoms with E-state index in [1.54, 1.807) is 0 Å². The maximum atomic E-state index is 11.8. The molecule has 2 unspecified atom stereocenters. The zero-order chi connectivity index (χ0) is 12.3. The Morgan fingerprint density at radius 1 is 1.35 bits per heavy atom. The van der Waals surface area contributed by atoms with E-state index in [1.165, 1.54) is 0 Å². The van der Waals surface area contributed by atoms with Crippen LogP contribution in [0.3, 0.4) is 0 Å². The highest BCUT2D eigenvalue weighted by Crippen LogP contribution is 2.30. The van der Waals surface area contributed by atoms with E-state index in [2.05, 4.69) is 20.1 Å². The number of rotatable bonds is 3. The zero-order valence-corrected chi connectivity index (χ0v) is 9.81. The van der Waals surface area contributed by atoms with E-state index in [0.29, 0.717) is 18.0 Å². The zero-order valence-electron chi connectivity index (χ0n) is 9.00. The van der Waals surface area contributed by atoms with Crippen molar-refractivity contribution < 1.29 is 14.7 Å². The van der Waals surface area contributed by atoms with Gasteiger partial charge in [-0.05, 0) is 24.5 Å². The molecule has 0 saturated heterocycles. The molecule has 0 aliphatic heterocycles. The predicted octanol–water partition coefficient (Wildman–Crippen LogP) is 0.763. The lowest BCUT2D eigenvalue weighted by molar-refractivity contribution is -0.143. The Morgan fingerprint density at radius 2 is 2.12 bits per heavy atom. The second-order valence-electron chi connectivity index (χ2n) is 4.06. The fraction of sp³-hybridized carbons (Fsp3) is 0.667. The molecule has 2 atom stereocenters. The third kappa shape index (κ3) is 2.96. The van der Waals surface area contributed by atoms with Gasteiger partial charge < -0.3 is 5.11 Å². The van der Waals surface area contributed by atoms with Crippen LogP contribution < -0.4 is 5.32 Å². The average Bonchev–Trinajstić information content (AvgIpc) is 2.82. The fourth-order valence-corrected chi connectivity index (χ4v) is 2.41. The Morgan fingerprint density at radius 3 is 2.76 bits per heavy atom. The van der Waals surface area contributed by atoms with Crippen molar-refractivity contribution in [1.29, 1.82) is 0 Å². The molecule has 0 spiro atoms. The van der Waals surface area contributed by atoms with E-state index in [4.69, 9.17) is 5.11 Å². The Bertz CT molecular complexity index is 408. The molecule has 8 heteroatoms. The predicted molar refractivity (Wildman–Crippen MR) is 59.4 cm³/mol. The lowest BCUT2D eigenvalue weighted by atomic mass is 9.81. The van der Waals surface area contributed by atoms with Crippen LogP contribution in [0.1, 0.15) is 25.7 Å². The average molecular weight is 256 g/mol. The topological polar surface area (TPSA) is 105 Å². The molecule has 0 aromatic carbocycles. The van der Waals surface area contributed by atoms with E-state index >= 15 is 0 Å². The minimum absolute atomic E-state index is 0.186. The Labute approximate surface area is 101 Å². The Kier molecular flexibility index (Phi) is 3.62. The van der Waals surface area contributed by atoms with Crippen LogP contribution in [0.15, 0.2) is 0 Å². The highest BCUT2D eigenvalue weighted by atomic mass is 32.1. The van der Waals surface area contributed by atoms with Crippen LogP contribution in [0.2, 0.25) is 0 Å². The summed E-state index contributed by atoms with van der Waals surface area (Å²) in [7, 11) is 0. The molecule has 2 N–H and O–H groups in total. The number of anilines is 1. The molecule has 1 aromatic rings. The molecule has 0 bridgehead atoms. The molecule has 1 aromatic heterocycles. The van der Waals surface area contributed by atoms with Crippen molar-refractivity contribution in [3.63, 3.8) is 0 Å². The van der Waals surface area contributed by atoms with Gasteiger partial charge in [0.15, 0.2) is 0 Å². The standard InChI is InChI=1S/C9H12N4O3S/c14-7(10-9-11-12-13-17-9)5-2-1-3-6(4-5)8(15)16/h5-6H,1-4H2,(H,15,16)(H,10,11,13,14). The minimum Gasteiger partial charge on any atom is -0.481 e. The second-order valence-corrected chi connectivity index (χ2v) is 4.79. The molecule has 1 fully saturated rings. The van der Waals surface area contributed by atoms with Crippen LogP contribution >= 0.6 is 11.5 Å². The highest BCUT2D eigenvalue weighted by Gasteiger charge is 2.31. The summed E-state index contributed by atoms with van der Waals surface area (Å²) in [6.07, 6.45) is 2.54. The quantitative estimate of drug-likeness (QED) is 0.827. The van der Waals surface area contributed by atoms with Crippen molar-refractivity contribution in [3.8, 4) is 0 Å². The summed E-state index contributed by atoms with van der Waals surface area (Å²) in [5, 5.41) is 18.9. The van der Waals surface area contributed by atoms with Gasteiger partial charge in [-0.1, -0.05) is 16.0 Å². The summed E-state index contributed by atoms with van der Waals surface area (Å²) in [4.78, 5) is 22.7. The van der Waals surface area contributed by atoms with E-state index in [-0.39, 0.29) is 11.8 Å².